The van der Waals surface area contributed by atoms with Gasteiger partial charge in [-0.3, -0.25) is 4.99 Å². The molecule has 1 aromatic heterocycles. The molecule has 1 atom stereocenters. The van der Waals surface area contributed by atoms with Gasteiger partial charge in [0.15, 0.2) is 5.96 Å². The summed E-state index contributed by atoms with van der Waals surface area (Å²) in [5.74, 6) is 1.89. The molecule has 0 saturated carbocycles. The second-order valence-electron chi connectivity index (χ2n) is 5.45. The van der Waals surface area contributed by atoms with Gasteiger partial charge in [0, 0.05) is 32.2 Å². The Balaban J connectivity index is 1.58. The minimum atomic E-state index is 0.363. The highest BCUT2D eigenvalue weighted by Gasteiger charge is 2.42. The van der Waals surface area contributed by atoms with E-state index in [1.165, 1.54) is 12.8 Å². The number of guanidine groups is 1. The number of ether oxygens (including phenoxy) is 1. The summed E-state index contributed by atoms with van der Waals surface area (Å²) >= 11 is 0. The molecule has 1 spiro atoms. The Hall–Kier alpha value is -1.49. The second-order valence-corrected chi connectivity index (χ2v) is 5.45. The molecule has 0 bridgehead atoms. The van der Waals surface area contributed by atoms with Crippen molar-refractivity contribution in [1.29, 1.82) is 0 Å². The molecule has 3 rings (SSSR count). The van der Waals surface area contributed by atoms with E-state index < -0.39 is 0 Å². The molecule has 5 heteroatoms. The van der Waals surface area contributed by atoms with Gasteiger partial charge >= 0.3 is 0 Å². The van der Waals surface area contributed by atoms with Gasteiger partial charge in [-0.25, -0.2) is 0 Å². The third-order valence-corrected chi connectivity index (χ3v) is 4.14. The van der Waals surface area contributed by atoms with E-state index in [4.69, 9.17) is 9.15 Å². The van der Waals surface area contributed by atoms with Crippen molar-refractivity contribution in [2.24, 2.45) is 10.4 Å². The molecule has 0 radical (unpaired) electrons. The number of hydrogen-bond donors (Lipinski definition) is 1. The minimum Gasteiger partial charge on any atom is -0.467 e. The SMILES string of the molecule is CN=C(NCc1ccco1)N1CCC2(CCOC2)C1. The van der Waals surface area contributed by atoms with E-state index in [1.54, 1.807) is 6.26 Å². The van der Waals surface area contributed by atoms with Crippen LogP contribution in [0.1, 0.15) is 18.6 Å². The molecular formula is C14H21N3O2. The monoisotopic (exact) mass is 263 g/mol. The largest absolute Gasteiger partial charge is 0.467 e. The van der Waals surface area contributed by atoms with E-state index in [1.807, 2.05) is 19.2 Å². The molecule has 2 aliphatic heterocycles. The first kappa shape index (κ1) is 12.5. The molecule has 1 aromatic rings. The van der Waals surface area contributed by atoms with Gasteiger partial charge in [-0.05, 0) is 25.0 Å². The maximum absolute atomic E-state index is 5.56. The number of nitrogens with one attached hydrogen (secondary N) is 1. The average Bonchev–Trinajstić information content (AvgIpc) is 3.15. The standard InChI is InChI=1S/C14H21N3O2/c1-15-13(16-9-12-3-2-7-19-12)17-6-4-14(10-17)5-8-18-11-14/h2-3,7H,4-6,8-11H2,1H3,(H,15,16). The molecule has 1 unspecified atom stereocenters. The van der Waals surface area contributed by atoms with Gasteiger partial charge in [0.2, 0.25) is 0 Å². The van der Waals surface area contributed by atoms with Crippen LogP contribution in [0.25, 0.3) is 0 Å². The zero-order valence-corrected chi connectivity index (χ0v) is 11.4. The lowest BCUT2D eigenvalue weighted by atomic mass is 9.87. The van der Waals surface area contributed by atoms with Crippen molar-refractivity contribution in [2.75, 3.05) is 33.4 Å². The summed E-state index contributed by atoms with van der Waals surface area (Å²) in [5.41, 5.74) is 0.363. The van der Waals surface area contributed by atoms with Crippen molar-refractivity contribution >= 4 is 5.96 Å². The fourth-order valence-electron chi connectivity index (χ4n) is 3.00. The van der Waals surface area contributed by atoms with E-state index in [9.17, 15) is 0 Å². The van der Waals surface area contributed by atoms with Crippen LogP contribution in [0.3, 0.4) is 0 Å². The molecule has 0 aliphatic carbocycles. The fourth-order valence-corrected chi connectivity index (χ4v) is 3.00. The Bertz CT molecular complexity index is 436. The Morgan fingerprint density at radius 1 is 1.53 bits per heavy atom. The third-order valence-electron chi connectivity index (χ3n) is 4.14. The molecule has 104 valence electrons. The first-order valence-electron chi connectivity index (χ1n) is 6.87. The van der Waals surface area contributed by atoms with E-state index in [-0.39, 0.29) is 0 Å². The van der Waals surface area contributed by atoms with Crippen molar-refractivity contribution in [1.82, 2.24) is 10.2 Å². The Kier molecular flexibility index (Phi) is 3.46. The Morgan fingerprint density at radius 3 is 3.16 bits per heavy atom. The van der Waals surface area contributed by atoms with Crippen molar-refractivity contribution in [3.05, 3.63) is 24.2 Å². The van der Waals surface area contributed by atoms with Crippen molar-refractivity contribution < 1.29 is 9.15 Å². The van der Waals surface area contributed by atoms with Crippen LogP contribution >= 0.6 is 0 Å². The maximum atomic E-state index is 5.56. The van der Waals surface area contributed by atoms with Crippen molar-refractivity contribution in [3.8, 4) is 0 Å². The van der Waals surface area contributed by atoms with E-state index >= 15 is 0 Å². The fraction of sp³-hybridized carbons (Fsp3) is 0.643. The van der Waals surface area contributed by atoms with E-state index in [0.29, 0.717) is 12.0 Å². The zero-order valence-electron chi connectivity index (χ0n) is 11.4. The molecular weight excluding hydrogens is 242 g/mol. The summed E-state index contributed by atoms with van der Waals surface area (Å²) in [5, 5.41) is 3.36. The predicted molar refractivity (Wildman–Crippen MR) is 73.0 cm³/mol. The van der Waals surface area contributed by atoms with E-state index in [2.05, 4.69) is 15.2 Å². The summed E-state index contributed by atoms with van der Waals surface area (Å²) in [6, 6.07) is 3.87. The summed E-state index contributed by atoms with van der Waals surface area (Å²) in [6.07, 6.45) is 4.08. The normalized spacial score (nSPS) is 27.4. The van der Waals surface area contributed by atoms with Crippen LogP contribution in [-0.4, -0.2) is 44.2 Å². The van der Waals surface area contributed by atoms with Gasteiger partial charge in [0.05, 0.1) is 19.4 Å². The van der Waals surface area contributed by atoms with Crippen LogP contribution in [0.2, 0.25) is 0 Å². The van der Waals surface area contributed by atoms with Gasteiger partial charge < -0.3 is 19.4 Å². The number of nitrogens with zero attached hydrogens (tertiary/aromatic N) is 2. The molecule has 0 amide bonds. The van der Waals surface area contributed by atoms with Crippen LogP contribution in [0.15, 0.2) is 27.8 Å². The van der Waals surface area contributed by atoms with Gasteiger partial charge in [0.1, 0.15) is 5.76 Å². The lowest BCUT2D eigenvalue weighted by Gasteiger charge is -2.24. The highest BCUT2D eigenvalue weighted by Crippen LogP contribution is 2.38. The molecule has 2 aliphatic rings. The molecule has 5 nitrogen and oxygen atoms in total. The van der Waals surface area contributed by atoms with Crippen LogP contribution in [-0.2, 0) is 11.3 Å². The Morgan fingerprint density at radius 2 is 2.47 bits per heavy atom. The van der Waals surface area contributed by atoms with Gasteiger partial charge in [-0.1, -0.05) is 0 Å². The minimum absolute atomic E-state index is 0.363. The topological polar surface area (TPSA) is 50.0 Å². The number of rotatable bonds is 2. The number of hydrogen-bond acceptors (Lipinski definition) is 3. The summed E-state index contributed by atoms with van der Waals surface area (Å²) in [6.45, 7) is 4.59. The van der Waals surface area contributed by atoms with Gasteiger partial charge in [-0.2, -0.15) is 0 Å². The summed E-state index contributed by atoms with van der Waals surface area (Å²) in [4.78, 5) is 6.70. The van der Waals surface area contributed by atoms with Gasteiger partial charge in [-0.15, -0.1) is 0 Å². The maximum Gasteiger partial charge on any atom is 0.194 e. The molecule has 19 heavy (non-hydrogen) atoms. The first-order valence-corrected chi connectivity index (χ1v) is 6.87. The summed E-state index contributed by atoms with van der Waals surface area (Å²) < 4.78 is 10.9. The van der Waals surface area contributed by atoms with Crippen LogP contribution in [0.5, 0.6) is 0 Å². The average molecular weight is 263 g/mol. The van der Waals surface area contributed by atoms with Crippen molar-refractivity contribution in [2.45, 2.75) is 19.4 Å². The highest BCUT2D eigenvalue weighted by atomic mass is 16.5. The molecule has 2 saturated heterocycles. The lowest BCUT2D eigenvalue weighted by Crippen LogP contribution is -2.41. The van der Waals surface area contributed by atoms with Crippen LogP contribution < -0.4 is 5.32 Å². The third kappa shape index (κ3) is 2.61. The predicted octanol–water partition coefficient (Wildman–Crippen LogP) is 1.47. The molecule has 2 fully saturated rings. The number of likely N-dealkylation sites (tertiary alicyclic amines) is 1. The Labute approximate surface area is 113 Å². The van der Waals surface area contributed by atoms with Gasteiger partial charge in [0.25, 0.3) is 0 Å². The van der Waals surface area contributed by atoms with E-state index in [0.717, 1.165) is 38.0 Å². The number of furan rings is 1. The summed E-state index contributed by atoms with van der Waals surface area (Å²) in [7, 11) is 1.83. The zero-order chi connectivity index (χ0) is 13.1. The quantitative estimate of drug-likeness (QED) is 0.648. The smallest absolute Gasteiger partial charge is 0.194 e. The number of aliphatic imine (C=N–C) groups is 1. The van der Waals surface area contributed by atoms with Crippen LogP contribution in [0, 0.1) is 5.41 Å². The van der Waals surface area contributed by atoms with Crippen molar-refractivity contribution in [3.63, 3.8) is 0 Å². The first-order chi connectivity index (χ1) is 9.31. The molecule has 1 N–H and O–H groups in total. The lowest BCUT2D eigenvalue weighted by molar-refractivity contribution is 0.156. The van der Waals surface area contributed by atoms with Crippen LogP contribution in [0.4, 0.5) is 0 Å². The molecule has 0 aromatic carbocycles. The second kappa shape index (κ2) is 5.25. The molecule has 3 heterocycles. The highest BCUT2D eigenvalue weighted by molar-refractivity contribution is 5.80.